The van der Waals surface area contributed by atoms with E-state index in [1.165, 1.54) is 0 Å². The van der Waals surface area contributed by atoms with Gasteiger partial charge in [0.15, 0.2) is 0 Å². The van der Waals surface area contributed by atoms with Crippen LogP contribution in [-0.2, 0) is 26.1 Å². The van der Waals surface area contributed by atoms with Gasteiger partial charge in [-0.15, -0.1) is 0 Å². The van der Waals surface area contributed by atoms with E-state index in [2.05, 4.69) is 26.2 Å². The Balaban J connectivity index is 1.28. The summed E-state index contributed by atoms with van der Waals surface area (Å²) in [4.78, 5) is 22.4. The number of aliphatic hydroxyl groups excluding tert-OH is 1. The number of hydrogen-bond donors (Lipinski definition) is 2. The molecule has 0 unspecified atom stereocenters. The van der Waals surface area contributed by atoms with Crippen LogP contribution in [0.25, 0.3) is 0 Å². The van der Waals surface area contributed by atoms with Crippen molar-refractivity contribution in [2.24, 2.45) is 0 Å². The summed E-state index contributed by atoms with van der Waals surface area (Å²) in [6.45, 7) is 5.13. The molecule has 1 aromatic carbocycles. The van der Waals surface area contributed by atoms with Crippen molar-refractivity contribution in [3.05, 3.63) is 48.3 Å². The number of morpholine rings is 1. The lowest BCUT2D eigenvalue weighted by Crippen LogP contribution is -2.59. The molecule has 0 bridgehead atoms. The Bertz CT molecular complexity index is 1310. The van der Waals surface area contributed by atoms with Gasteiger partial charge in [0, 0.05) is 81.8 Å². The first kappa shape index (κ1) is 27.4. The largest absolute Gasteiger partial charge is 0.492 e. The van der Waals surface area contributed by atoms with Gasteiger partial charge in [-0.1, -0.05) is 6.07 Å². The van der Waals surface area contributed by atoms with E-state index in [9.17, 15) is 18.3 Å². The number of carbonyl (C=O) groups is 1. The number of sulfonamides is 1. The molecule has 0 saturated carbocycles. The van der Waals surface area contributed by atoms with Gasteiger partial charge in [0.2, 0.25) is 15.9 Å². The van der Waals surface area contributed by atoms with E-state index < -0.39 is 27.7 Å². The maximum Gasteiger partial charge on any atom is 0.247 e. The molecular weight excluding hydrogens is 534 g/mol. The zero-order chi connectivity index (χ0) is 27.7. The lowest BCUT2D eigenvalue weighted by molar-refractivity contribution is -0.127. The van der Waals surface area contributed by atoms with Crippen molar-refractivity contribution in [3.8, 4) is 5.75 Å². The van der Waals surface area contributed by atoms with Crippen LogP contribution in [0.5, 0.6) is 5.75 Å². The zero-order valence-electron chi connectivity index (χ0n) is 22.6. The minimum absolute atomic E-state index is 0.0265. The molecule has 5 heterocycles. The Kier molecular flexibility index (Phi) is 7.71. The Morgan fingerprint density at radius 2 is 1.88 bits per heavy atom. The van der Waals surface area contributed by atoms with Crippen molar-refractivity contribution < 1.29 is 27.8 Å². The molecule has 0 radical (unpaired) electrons. The van der Waals surface area contributed by atoms with Gasteiger partial charge in [-0.3, -0.25) is 14.7 Å². The highest BCUT2D eigenvalue weighted by atomic mass is 32.2. The van der Waals surface area contributed by atoms with E-state index in [0.717, 1.165) is 35.2 Å². The van der Waals surface area contributed by atoms with E-state index in [1.54, 1.807) is 24.4 Å². The number of hydrogen-bond acceptors (Lipinski definition) is 9. The van der Waals surface area contributed by atoms with Crippen LogP contribution < -0.4 is 15.0 Å². The number of fused-ring (bicyclic) bond motifs is 2. The summed E-state index contributed by atoms with van der Waals surface area (Å²) in [7, 11) is -4.10. The summed E-state index contributed by atoms with van der Waals surface area (Å²) in [5.41, 5.74) is 1.48. The predicted molar refractivity (Wildman–Crippen MR) is 148 cm³/mol. The van der Waals surface area contributed by atoms with Crippen LogP contribution >= 0.6 is 0 Å². The van der Waals surface area contributed by atoms with E-state index in [0.29, 0.717) is 45.6 Å². The maximum atomic E-state index is 13.9. The SMILES string of the molecule is O=C1NC2(CCOc3cc(N4CCOCC4)ccc3S(=O)(=O)N3C[C@H](O)C[C@@H]13)CCN(Cc1cccnc1)CC2. The number of aromatic nitrogens is 1. The Labute approximate surface area is 235 Å². The fourth-order valence-electron chi connectivity index (χ4n) is 6.28. The highest BCUT2D eigenvalue weighted by molar-refractivity contribution is 7.89. The van der Waals surface area contributed by atoms with Crippen molar-refractivity contribution in [2.75, 3.05) is 57.4 Å². The summed E-state index contributed by atoms with van der Waals surface area (Å²) < 4.78 is 40.7. The lowest BCUT2D eigenvalue weighted by Gasteiger charge is -2.43. The molecule has 40 heavy (non-hydrogen) atoms. The van der Waals surface area contributed by atoms with Crippen LogP contribution in [0.4, 0.5) is 5.69 Å². The number of aliphatic hydroxyl groups is 1. The fourth-order valence-corrected chi connectivity index (χ4v) is 8.03. The van der Waals surface area contributed by atoms with Crippen LogP contribution in [-0.4, -0.2) is 104 Å². The quantitative estimate of drug-likeness (QED) is 0.555. The third kappa shape index (κ3) is 5.55. The van der Waals surface area contributed by atoms with Gasteiger partial charge in [0.05, 0.1) is 25.9 Å². The first-order chi connectivity index (χ1) is 19.3. The monoisotopic (exact) mass is 571 g/mol. The second kappa shape index (κ2) is 11.2. The maximum absolute atomic E-state index is 13.9. The molecule has 3 fully saturated rings. The summed E-state index contributed by atoms with van der Waals surface area (Å²) in [6.07, 6.45) is 4.76. The molecule has 216 valence electrons. The second-order valence-corrected chi connectivity index (χ2v) is 13.1. The van der Waals surface area contributed by atoms with Gasteiger partial charge < -0.3 is 24.8 Å². The molecular formula is C28H37N5O6S. The molecule has 4 aliphatic heterocycles. The number of rotatable bonds is 3. The van der Waals surface area contributed by atoms with Gasteiger partial charge in [-0.2, -0.15) is 4.31 Å². The minimum Gasteiger partial charge on any atom is -0.492 e. The van der Waals surface area contributed by atoms with E-state index in [-0.39, 0.29) is 36.1 Å². The number of benzene rings is 1. The highest BCUT2D eigenvalue weighted by Gasteiger charge is 2.47. The molecule has 2 atom stereocenters. The van der Waals surface area contributed by atoms with Crippen LogP contribution in [0, 0.1) is 0 Å². The molecule has 12 heteroatoms. The van der Waals surface area contributed by atoms with Crippen LogP contribution in [0.1, 0.15) is 31.2 Å². The number of nitrogens with zero attached hydrogens (tertiary/aromatic N) is 4. The molecule has 0 aliphatic carbocycles. The highest BCUT2D eigenvalue weighted by Crippen LogP contribution is 2.37. The second-order valence-electron chi connectivity index (χ2n) is 11.2. The van der Waals surface area contributed by atoms with E-state index >= 15 is 0 Å². The van der Waals surface area contributed by atoms with Gasteiger partial charge in [0.25, 0.3) is 0 Å². The summed E-state index contributed by atoms with van der Waals surface area (Å²) in [6, 6.07) is 8.15. The molecule has 6 rings (SSSR count). The number of nitrogens with one attached hydrogen (secondary N) is 1. The van der Waals surface area contributed by atoms with Crippen molar-refractivity contribution in [1.82, 2.24) is 19.5 Å². The third-order valence-corrected chi connectivity index (χ3v) is 10.5. The fraction of sp³-hybridized carbons (Fsp3) is 0.571. The topological polar surface area (TPSA) is 125 Å². The molecule has 3 saturated heterocycles. The molecule has 1 aromatic heterocycles. The molecule has 4 aliphatic rings. The Morgan fingerprint density at radius 1 is 1.07 bits per heavy atom. The number of piperidine rings is 1. The molecule has 2 N–H and O–H groups in total. The smallest absolute Gasteiger partial charge is 0.247 e. The normalized spacial score (nSPS) is 27.2. The van der Waals surface area contributed by atoms with E-state index in [4.69, 9.17) is 9.47 Å². The Morgan fingerprint density at radius 3 is 2.62 bits per heavy atom. The zero-order valence-corrected chi connectivity index (χ0v) is 23.4. The Hall–Kier alpha value is -2.77. The van der Waals surface area contributed by atoms with Crippen molar-refractivity contribution in [1.29, 1.82) is 0 Å². The van der Waals surface area contributed by atoms with Crippen LogP contribution in [0.2, 0.25) is 0 Å². The van der Waals surface area contributed by atoms with Gasteiger partial charge in [0.1, 0.15) is 16.7 Å². The van der Waals surface area contributed by atoms with E-state index in [1.807, 2.05) is 12.3 Å². The number of pyridine rings is 1. The van der Waals surface area contributed by atoms with Crippen molar-refractivity contribution in [3.63, 3.8) is 0 Å². The molecule has 1 spiro atoms. The average Bonchev–Trinajstić information content (AvgIpc) is 3.37. The van der Waals surface area contributed by atoms with Crippen LogP contribution in [0.15, 0.2) is 47.6 Å². The summed E-state index contributed by atoms with van der Waals surface area (Å²) >= 11 is 0. The number of ether oxygens (including phenoxy) is 2. The third-order valence-electron chi connectivity index (χ3n) is 8.60. The molecule has 1 amide bonds. The average molecular weight is 572 g/mol. The number of likely N-dealkylation sites (tertiary alicyclic amines) is 1. The van der Waals surface area contributed by atoms with Gasteiger partial charge in [-0.05, 0) is 36.6 Å². The number of amides is 1. The minimum atomic E-state index is -4.10. The van der Waals surface area contributed by atoms with Crippen molar-refractivity contribution >= 4 is 21.6 Å². The van der Waals surface area contributed by atoms with Gasteiger partial charge >= 0.3 is 0 Å². The number of carbonyl (C=O) groups excluding carboxylic acids is 1. The number of anilines is 1. The summed E-state index contributed by atoms with van der Waals surface area (Å²) in [5, 5.41) is 13.7. The summed E-state index contributed by atoms with van der Waals surface area (Å²) in [5.74, 6) is -0.0723. The first-order valence-electron chi connectivity index (χ1n) is 14.1. The van der Waals surface area contributed by atoms with Gasteiger partial charge in [-0.25, -0.2) is 8.42 Å². The standard InChI is InChI=1S/C28H37N5O6S/c34-23-17-24-27(35)30-28(5-9-31(10-6-28)19-21-2-1-8-29-18-21)7-13-39-25-16-22(32-11-14-38-15-12-32)3-4-26(25)40(36,37)33(24)20-23/h1-4,8,16,18,23-24,34H,5-7,9-15,17,19-20H2,(H,30,35)/t23-,24+/m1/s1. The molecule has 11 nitrogen and oxygen atoms in total. The molecule has 2 aromatic rings. The predicted octanol–water partition coefficient (Wildman–Crippen LogP) is 0.976. The first-order valence-corrected chi connectivity index (χ1v) is 15.5. The van der Waals surface area contributed by atoms with Crippen LogP contribution in [0.3, 0.4) is 0 Å². The lowest BCUT2D eigenvalue weighted by atomic mass is 9.84. The van der Waals surface area contributed by atoms with Crippen molar-refractivity contribution in [2.45, 2.75) is 54.8 Å².